The third-order valence-electron chi connectivity index (χ3n) is 5.38. The zero-order chi connectivity index (χ0) is 20.9. The first-order chi connectivity index (χ1) is 14.7. The molecule has 0 radical (unpaired) electrons. The molecular formula is C23H28N4O2S. The molecule has 3 heterocycles. The fraction of sp³-hybridized carbons (Fsp3) is 0.391. The van der Waals surface area contributed by atoms with Gasteiger partial charge in [0.15, 0.2) is 5.69 Å². The molecule has 0 unspecified atom stereocenters. The van der Waals surface area contributed by atoms with Crippen molar-refractivity contribution < 1.29 is 9.21 Å². The molecule has 1 N–H and O–H groups in total. The first-order valence-electron chi connectivity index (χ1n) is 10.5. The van der Waals surface area contributed by atoms with Crippen molar-refractivity contribution in [2.24, 2.45) is 7.05 Å². The number of nitrogens with zero attached hydrogens (tertiary/aromatic N) is 3. The lowest BCUT2D eigenvalue weighted by Crippen LogP contribution is -2.35. The van der Waals surface area contributed by atoms with Crippen molar-refractivity contribution in [3.63, 3.8) is 0 Å². The maximum Gasteiger partial charge on any atom is 0.272 e. The van der Waals surface area contributed by atoms with E-state index in [1.54, 1.807) is 18.0 Å². The van der Waals surface area contributed by atoms with E-state index in [1.807, 2.05) is 36.0 Å². The lowest BCUT2D eigenvalue weighted by atomic mass is 10.1. The summed E-state index contributed by atoms with van der Waals surface area (Å²) >= 11 is 1.76. The topological polar surface area (TPSA) is 63.3 Å². The van der Waals surface area contributed by atoms with E-state index < -0.39 is 0 Å². The number of aromatic nitrogens is 2. The van der Waals surface area contributed by atoms with Crippen LogP contribution in [0.5, 0.6) is 0 Å². The average Bonchev–Trinajstić information content (AvgIpc) is 3.39. The third-order valence-corrected chi connectivity index (χ3v) is 6.48. The van der Waals surface area contributed by atoms with Gasteiger partial charge in [0.1, 0.15) is 5.76 Å². The number of carbonyl (C=O) groups is 1. The van der Waals surface area contributed by atoms with Crippen molar-refractivity contribution in [3.8, 4) is 11.3 Å². The summed E-state index contributed by atoms with van der Waals surface area (Å²) in [7, 11) is 1.91. The summed E-state index contributed by atoms with van der Waals surface area (Å²) in [6, 6.07) is 12.2. The Balaban J connectivity index is 1.41. The molecule has 1 amide bonds. The Labute approximate surface area is 181 Å². The van der Waals surface area contributed by atoms with Gasteiger partial charge in [-0.1, -0.05) is 31.5 Å². The van der Waals surface area contributed by atoms with E-state index in [2.05, 4.69) is 34.4 Å². The van der Waals surface area contributed by atoms with Gasteiger partial charge in [0.25, 0.3) is 5.91 Å². The summed E-state index contributed by atoms with van der Waals surface area (Å²) < 4.78 is 7.33. The monoisotopic (exact) mass is 424 g/mol. The number of rotatable bonds is 9. The number of hydrogen-bond donors (Lipinski definition) is 1. The van der Waals surface area contributed by atoms with Gasteiger partial charge in [-0.15, -0.1) is 11.8 Å². The van der Waals surface area contributed by atoms with Crippen LogP contribution >= 0.6 is 11.8 Å². The maximum atomic E-state index is 12.9. The molecule has 0 aliphatic carbocycles. The molecule has 0 fully saturated rings. The minimum Gasteiger partial charge on any atom is -0.468 e. The van der Waals surface area contributed by atoms with E-state index in [0.29, 0.717) is 12.2 Å². The fourth-order valence-corrected chi connectivity index (χ4v) is 4.92. The van der Waals surface area contributed by atoms with Crippen LogP contribution in [0.3, 0.4) is 0 Å². The molecule has 7 heteroatoms. The molecule has 0 atom stereocenters. The molecule has 0 bridgehead atoms. The number of thioether (sulfide) groups is 1. The van der Waals surface area contributed by atoms with Gasteiger partial charge < -0.3 is 9.73 Å². The van der Waals surface area contributed by atoms with Crippen LogP contribution in [0.15, 0.2) is 52.0 Å². The highest BCUT2D eigenvalue weighted by atomic mass is 32.2. The molecule has 30 heavy (non-hydrogen) atoms. The van der Waals surface area contributed by atoms with Gasteiger partial charge >= 0.3 is 0 Å². The summed E-state index contributed by atoms with van der Waals surface area (Å²) in [4.78, 5) is 16.5. The highest BCUT2D eigenvalue weighted by Gasteiger charge is 2.27. The van der Waals surface area contributed by atoms with Crippen LogP contribution in [0.2, 0.25) is 0 Å². The predicted octanol–water partition coefficient (Wildman–Crippen LogP) is 4.32. The number of hydrogen-bond acceptors (Lipinski definition) is 5. The molecule has 6 nitrogen and oxygen atoms in total. The van der Waals surface area contributed by atoms with E-state index in [1.165, 1.54) is 4.90 Å². The third kappa shape index (κ3) is 4.47. The van der Waals surface area contributed by atoms with Gasteiger partial charge in [-0.3, -0.25) is 14.4 Å². The van der Waals surface area contributed by atoms with Crippen molar-refractivity contribution in [2.45, 2.75) is 37.0 Å². The van der Waals surface area contributed by atoms with Crippen LogP contribution < -0.4 is 5.32 Å². The first-order valence-corrected chi connectivity index (χ1v) is 11.5. The number of nitrogens with one attached hydrogen (secondary N) is 1. The summed E-state index contributed by atoms with van der Waals surface area (Å²) in [6.45, 7) is 5.29. The van der Waals surface area contributed by atoms with Crippen LogP contribution in [0, 0.1) is 0 Å². The average molecular weight is 425 g/mol. The normalized spacial score (nSPS) is 12.6. The molecule has 1 aromatic carbocycles. The van der Waals surface area contributed by atoms with Crippen LogP contribution in [-0.4, -0.2) is 40.2 Å². The van der Waals surface area contributed by atoms with Crippen molar-refractivity contribution in [2.75, 3.05) is 19.6 Å². The van der Waals surface area contributed by atoms with Crippen LogP contribution in [-0.2, 0) is 19.3 Å². The number of furan rings is 1. The molecular weight excluding hydrogens is 396 g/mol. The van der Waals surface area contributed by atoms with Gasteiger partial charge in [-0.25, -0.2) is 0 Å². The largest absolute Gasteiger partial charge is 0.468 e. The van der Waals surface area contributed by atoms with Crippen molar-refractivity contribution >= 4 is 17.7 Å². The summed E-state index contributed by atoms with van der Waals surface area (Å²) in [5, 5.41) is 7.64. The van der Waals surface area contributed by atoms with Crippen molar-refractivity contribution in [1.29, 1.82) is 0 Å². The predicted molar refractivity (Wildman–Crippen MR) is 119 cm³/mol. The van der Waals surface area contributed by atoms with Gasteiger partial charge in [0.2, 0.25) is 0 Å². The minimum absolute atomic E-state index is 0.0970. The molecule has 158 valence electrons. The standard InChI is InChI=1S/C23H28N4O2S/c1-3-4-12-27(15-17-8-7-14-29-17)13-11-24-23(28)21-19-16-30-20-10-6-5-9-18(20)22(19)26(2)25-21/h5-10,14H,3-4,11-13,15-16H2,1-2H3,(H,24,28). The molecule has 0 spiro atoms. The molecule has 4 rings (SSSR count). The van der Waals surface area contributed by atoms with E-state index in [0.717, 1.165) is 60.8 Å². The highest BCUT2D eigenvalue weighted by molar-refractivity contribution is 7.98. The summed E-state index contributed by atoms with van der Waals surface area (Å²) in [5.41, 5.74) is 3.77. The van der Waals surface area contributed by atoms with Gasteiger partial charge in [0.05, 0.1) is 18.5 Å². The summed E-state index contributed by atoms with van der Waals surface area (Å²) in [5.74, 6) is 1.62. The van der Waals surface area contributed by atoms with Crippen LogP contribution in [0.25, 0.3) is 11.3 Å². The van der Waals surface area contributed by atoms with E-state index in [9.17, 15) is 4.79 Å². The van der Waals surface area contributed by atoms with Gasteiger partial charge in [-0.2, -0.15) is 5.10 Å². The quantitative estimate of drug-likeness (QED) is 0.554. The fourth-order valence-electron chi connectivity index (χ4n) is 3.85. The number of aryl methyl sites for hydroxylation is 1. The lowest BCUT2D eigenvalue weighted by Gasteiger charge is -2.21. The van der Waals surface area contributed by atoms with Crippen molar-refractivity contribution in [3.05, 3.63) is 59.7 Å². The molecule has 1 aliphatic rings. The summed E-state index contributed by atoms with van der Waals surface area (Å²) in [6.07, 6.45) is 3.97. The van der Waals surface area contributed by atoms with E-state index in [4.69, 9.17) is 4.42 Å². The molecule has 0 saturated heterocycles. The van der Waals surface area contributed by atoms with E-state index in [-0.39, 0.29) is 5.91 Å². The highest BCUT2D eigenvalue weighted by Crippen LogP contribution is 2.42. The molecule has 0 saturated carbocycles. The number of fused-ring (bicyclic) bond motifs is 3. The second-order valence-corrected chi connectivity index (χ2v) is 8.57. The van der Waals surface area contributed by atoms with Gasteiger partial charge in [-0.05, 0) is 31.2 Å². The number of benzene rings is 1. The van der Waals surface area contributed by atoms with Gasteiger partial charge in [0, 0.05) is 41.9 Å². The van der Waals surface area contributed by atoms with Crippen LogP contribution in [0.1, 0.15) is 41.6 Å². The second kappa shape index (κ2) is 9.53. The Morgan fingerprint density at radius 2 is 2.13 bits per heavy atom. The number of carbonyl (C=O) groups excluding carboxylic acids is 1. The molecule has 2 aromatic heterocycles. The maximum absolute atomic E-state index is 12.9. The number of unbranched alkanes of at least 4 members (excludes halogenated alkanes) is 1. The Kier molecular flexibility index (Phi) is 6.59. The Morgan fingerprint density at radius 3 is 2.93 bits per heavy atom. The Hall–Kier alpha value is -2.51. The van der Waals surface area contributed by atoms with Crippen LogP contribution in [0.4, 0.5) is 0 Å². The zero-order valence-electron chi connectivity index (χ0n) is 17.6. The van der Waals surface area contributed by atoms with E-state index >= 15 is 0 Å². The lowest BCUT2D eigenvalue weighted by molar-refractivity contribution is 0.0940. The first kappa shape index (κ1) is 20.8. The molecule has 1 aliphatic heterocycles. The second-order valence-electron chi connectivity index (χ2n) is 7.55. The number of amides is 1. The van der Waals surface area contributed by atoms with Crippen molar-refractivity contribution in [1.82, 2.24) is 20.0 Å². The SMILES string of the molecule is CCCCN(CCNC(=O)c1nn(C)c2c1CSc1ccccc1-2)Cc1ccco1. The minimum atomic E-state index is -0.0970. The Morgan fingerprint density at radius 1 is 1.27 bits per heavy atom. The smallest absolute Gasteiger partial charge is 0.272 e. The molecule has 3 aromatic rings. The zero-order valence-corrected chi connectivity index (χ0v) is 18.4. The Bertz CT molecular complexity index is 997.